The number of thioether (sulfide) groups is 1. The molecule has 194 valence electrons. The van der Waals surface area contributed by atoms with Gasteiger partial charge in [-0.15, -0.1) is 0 Å². The molecular weight excluding hydrogens is 522 g/mol. The van der Waals surface area contributed by atoms with E-state index < -0.39 is 44.6 Å². The third kappa shape index (κ3) is 4.86. The lowest BCUT2D eigenvalue weighted by Crippen LogP contribution is -2.40. The highest BCUT2D eigenvalue weighted by Crippen LogP contribution is 2.32. The summed E-state index contributed by atoms with van der Waals surface area (Å²) >= 11 is 0.903. The number of halogens is 4. The molecule has 2 aliphatic heterocycles. The number of benzene rings is 2. The molecule has 5 rings (SSSR count). The van der Waals surface area contributed by atoms with E-state index in [0.29, 0.717) is 42.6 Å². The van der Waals surface area contributed by atoms with Crippen LogP contribution in [-0.4, -0.2) is 61.3 Å². The number of sulfonamides is 1. The van der Waals surface area contributed by atoms with Crippen LogP contribution in [0.3, 0.4) is 0 Å². The van der Waals surface area contributed by atoms with E-state index in [9.17, 15) is 26.0 Å². The molecule has 2 fully saturated rings. The fourth-order valence-corrected chi connectivity index (χ4v) is 6.80. The molecule has 0 saturated carbocycles. The monoisotopic (exact) mass is 545 g/mol. The topological polar surface area (TPSA) is 73.7 Å². The van der Waals surface area contributed by atoms with Crippen molar-refractivity contribution in [2.24, 2.45) is 0 Å². The lowest BCUT2D eigenvalue weighted by atomic mass is 10.2. The Morgan fingerprint density at radius 2 is 1.75 bits per heavy atom. The molecule has 1 aromatic heterocycles. The molecule has 0 bridgehead atoms. The summed E-state index contributed by atoms with van der Waals surface area (Å²) in [5.41, 5.74) is 0.250. The molecule has 2 aromatic carbocycles. The molecule has 2 saturated heterocycles. The second-order valence-corrected chi connectivity index (χ2v) is 11.4. The van der Waals surface area contributed by atoms with Crippen LogP contribution in [0.15, 0.2) is 34.3 Å². The van der Waals surface area contributed by atoms with Gasteiger partial charge in [0.2, 0.25) is 10.0 Å². The number of hydrogen-bond donors (Lipinski definition) is 0. The average molecular weight is 546 g/mol. The van der Waals surface area contributed by atoms with Crippen molar-refractivity contribution in [3.63, 3.8) is 0 Å². The summed E-state index contributed by atoms with van der Waals surface area (Å²) in [6.07, 6.45) is 1.59. The van der Waals surface area contributed by atoms with Crippen LogP contribution in [0.25, 0.3) is 11.0 Å². The molecule has 1 atom stereocenters. The largest absolute Gasteiger partial charge is 0.379 e. The first-order valence-electron chi connectivity index (χ1n) is 11.4. The number of morpholine rings is 1. The van der Waals surface area contributed by atoms with Gasteiger partial charge in [-0.2, -0.15) is 4.31 Å². The van der Waals surface area contributed by atoms with Crippen LogP contribution >= 0.6 is 11.8 Å². The third-order valence-corrected chi connectivity index (χ3v) is 9.15. The smallest absolute Gasteiger partial charge is 0.243 e. The van der Waals surface area contributed by atoms with Gasteiger partial charge < -0.3 is 14.0 Å². The SMILES string of the molecule is O=S(=O)(c1ccc2c(c1)nc(SCc1c(F)c(F)cc(F)c1F)n2CC1CCCO1)N1CCOCC1. The fourth-order valence-electron chi connectivity index (χ4n) is 4.35. The first kappa shape index (κ1) is 25.5. The standard InChI is InChI=1S/C23H23F4N3O4S2/c24-17-11-18(25)22(27)16(21(17)26)13-35-23-28-19-10-15(36(31,32)29-5-8-33-9-6-29)3-4-20(19)30(23)12-14-2-1-7-34-14/h3-4,10-11,14H,1-2,5-9,12-13H2. The Bertz CT molecular complexity index is 1360. The number of rotatable bonds is 7. The molecule has 0 radical (unpaired) electrons. The quantitative estimate of drug-likeness (QED) is 0.253. The first-order chi connectivity index (χ1) is 17.3. The number of imidazole rings is 1. The minimum atomic E-state index is -3.77. The van der Waals surface area contributed by atoms with Crippen molar-refractivity contribution in [3.8, 4) is 0 Å². The van der Waals surface area contributed by atoms with Gasteiger partial charge in [-0.1, -0.05) is 11.8 Å². The van der Waals surface area contributed by atoms with Gasteiger partial charge in [-0.3, -0.25) is 0 Å². The van der Waals surface area contributed by atoms with E-state index in [4.69, 9.17) is 9.47 Å². The number of nitrogens with zero attached hydrogens (tertiary/aromatic N) is 3. The molecular formula is C23H23F4N3O4S2. The minimum Gasteiger partial charge on any atom is -0.379 e. The maximum absolute atomic E-state index is 14.2. The Labute approximate surface area is 209 Å². The van der Waals surface area contributed by atoms with E-state index >= 15 is 0 Å². The highest BCUT2D eigenvalue weighted by molar-refractivity contribution is 7.98. The highest BCUT2D eigenvalue weighted by Gasteiger charge is 2.28. The Morgan fingerprint density at radius 1 is 1.03 bits per heavy atom. The van der Waals surface area contributed by atoms with Gasteiger partial charge in [0.05, 0.1) is 41.8 Å². The van der Waals surface area contributed by atoms with Crippen molar-refractivity contribution >= 4 is 32.8 Å². The minimum absolute atomic E-state index is 0.0690. The second-order valence-electron chi connectivity index (χ2n) is 8.54. The summed E-state index contributed by atoms with van der Waals surface area (Å²) in [5, 5.41) is 0.324. The van der Waals surface area contributed by atoms with Crippen molar-refractivity contribution in [1.29, 1.82) is 0 Å². The Hall–Kier alpha value is -2.19. The predicted octanol–water partition coefficient (Wildman–Crippen LogP) is 4.08. The zero-order valence-corrected chi connectivity index (χ0v) is 20.7. The Balaban J connectivity index is 1.50. The number of hydrogen-bond acceptors (Lipinski definition) is 6. The zero-order chi connectivity index (χ0) is 25.4. The van der Waals surface area contributed by atoms with Crippen LogP contribution < -0.4 is 0 Å². The average Bonchev–Trinajstić information content (AvgIpc) is 3.51. The van der Waals surface area contributed by atoms with Crippen LogP contribution in [-0.2, 0) is 31.8 Å². The molecule has 0 aliphatic carbocycles. The van der Waals surface area contributed by atoms with Gasteiger partial charge in [-0.25, -0.2) is 31.0 Å². The van der Waals surface area contributed by atoms with Gasteiger partial charge in [0.15, 0.2) is 28.4 Å². The van der Waals surface area contributed by atoms with Crippen LogP contribution in [0.2, 0.25) is 0 Å². The highest BCUT2D eigenvalue weighted by atomic mass is 32.2. The van der Waals surface area contributed by atoms with E-state index in [-0.39, 0.29) is 30.2 Å². The predicted molar refractivity (Wildman–Crippen MR) is 124 cm³/mol. The molecule has 0 amide bonds. The van der Waals surface area contributed by atoms with Gasteiger partial charge in [0, 0.05) is 37.1 Å². The molecule has 0 N–H and O–H groups in total. The molecule has 1 unspecified atom stereocenters. The summed E-state index contributed by atoms with van der Waals surface area (Å²) in [4.78, 5) is 4.59. The van der Waals surface area contributed by atoms with E-state index in [2.05, 4.69) is 4.98 Å². The molecule has 3 heterocycles. The number of fused-ring (bicyclic) bond motifs is 1. The normalized spacial score (nSPS) is 19.4. The number of aromatic nitrogens is 2. The lowest BCUT2D eigenvalue weighted by molar-refractivity contribution is 0.0730. The maximum Gasteiger partial charge on any atom is 0.243 e. The zero-order valence-electron chi connectivity index (χ0n) is 19.1. The molecule has 3 aromatic rings. The maximum atomic E-state index is 14.2. The van der Waals surface area contributed by atoms with Crippen molar-refractivity contribution in [3.05, 3.63) is 53.1 Å². The van der Waals surface area contributed by atoms with E-state index in [0.717, 1.165) is 24.6 Å². The summed E-state index contributed by atoms with van der Waals surface area (Å²) < 4.78 is 96.1. The summed E-state index contributed by atoms with van der Waals surface area (Å²) in [5.74, 6) is -6.28. The van der Waals surface area contributed by atoms with Gasteiger partial charge in [-0.05, 0) is 31.0 Å². The summed E-state index contributed by atoms with van der Waals surface area (Å²) in [7, 11) is -3.77. The van der Waals surface area contributed by atoms with E-state index in [1.54, 1.807) is 10.6 Å². The third-order valence-electron chi connectivity index (χ3n) is 6.25. The first-order valence-corrected chi connectivity index (χ1v) is 13.8. The molecule has 13 heteroatoms. The number of ether oxygens (including phenoxy) is 2. The second kappa shape index (κ2) is 10.3. The molecule has 0 spiro atoms. The van der Waals surface area contributed by atoms with Crippen molar-refractivity contribution in [1.82, 2.24) is 13.9 Å². The fraction of sp³-hybridized carbons (Fsp3) is 0.435. The Kier molecular flexibility index (Phi) is 7.27. The Morgan fingerprint density at radius 3 is 2.42 bits per heavy atom. The van der Waals surface area contributed by atoms with Crippen molar-refractivity contribution < 1.29 is 35.5 Å². The van der Waals surface area contributed by atoms with E-state index in [1.807, 2.05) is 0 Å². The molecule has 7 nitrogen and oxygen atoms in total. The molecule has 36 heavy (non-hydrogen) atoms. The lowest BCUT2D eigenvalue weighted by Gasteiger charge is -2.26. The van der Waals surface area contributed by atoms with Gasteiger partial charge in [0.25, 0.3) is 0 Å². The van der Waals surface area contributed by atoms with Gasteiger partial charge >= 0.3 is 0 Å². The van der Waals surface area contributed by atoms with Crippen LogP contribution in [0.4, 0.5) is 17.6 Å². The van der Waals surface area contributed by atoms with Crippen molar-refractivity contribution in [2.45, 2.75) is 41.3 Å². The van der Waals surface area contributed by atoms with E-state index in [1.165, 1.54) is 16.4 Å². The van der Waals surface area contributed by atoms with Gasteiger partial charge in [0.1, 0.15) is 0 Å². The van der Waals surface area contributed by atoms with Crippen LogP contribution in [0.1, 0.15) is 18.4 Å². The summed E-state index contributed by atoms with van der Waals surface area (Å²) in [6.45, 7) is 2.11. The molecule has 2 aliphatic rings. The van der Waals surface area contributed by atoms with Crippen LogP contribution in [0, 0.1) is 23.3 Å². The van der Waals surface area contributed by atoms with Crippen molar-refractivity contribution in [2.75, 3.05) is 32.9 Å². The summed E-state index contributed by atoms with van der Waals surface area (Å²) in [6, 6.07) is 4.76. The van der Waals surface area contributed by atoms with Crippen LogP contribution in [0.5, 0.6) is 0 Å².